The second-order valence-corrected chi connectivity index (χ2v) is 3.84. The number of hydrogen-bond donors (Lipinski definition) is 1. The van der Waals surface area contributed by atoms with Crippen LogP contribution < -0.4 is 5.32 Å². The first-order chi connectivity index (χ1) is 8.10. The van der Waals surface area contributed by atoms with Crippen molar-refractivity contribution in [2.24, 2.45) is 14.1 Å². The van der Waals surface area contributed by atoms with Crippen molar-refractivity contribution >= 4 is 11.7 Å². The molecule has 0 spiro atoms. The Bertz CT molecular complexity index is 540. The first kappa shape index (κ1) is 11.4. The van der Waals surface area contributed by atoms with Gasteiger partial charge in [0.1, 0.15) is 5.82 Å². The summed E-state index contributed by atoms with van der Waals surface area (Å²) in [6, 6.07) is 1.84. The van der Waals surface area contributed by atoms with Crippen LogP contribution in [-0.4, -0.2) is 25.5 Å². The normalized spacial score (nSPS) is 10.5. The predicted octanol–water partition coefficient (Wildman–Crippen LogP) is 1.17. The summed E-state index contributed by atoms with van der Waals surface area (Å²) in [6.07, 6.45) is 4.08. The van der Waals surface area contributed by atoms with Gasteiger partial charge in [-0.2, -0.15) is 10.2 Å². The van der Waals surface area contributed by atoms with E-state index in [0.717, 1.165) is 11.3 Å². The van der Waals surface area contributed by atoms with Gasteiger partial charge in [-0.15, -0.1) is 0 Å². The maximum atomic E-state index is 11.3. The second-order valence-electron chi connectivity index (χ2n) is 3.84. The molecule has 0 fully saturated rings. The zero-order valence-electron chi connectivity index (χ0n) is 10.1. The molecule has 0 radical (unpaired) electrons. The molecule has 0 saturated carbocycles. The molecule has 0 aliphatic rings. The Balaban J connectivity index is 2.27. The van der Waals surface area contributed by atoms with Gasteiger partial charge in [-0.25, -0.2) is 0 Å². The first-order valence-electron chi connectivity index (χ1n) is 5.43. The molecule has 0 atom stereocenters. The van der Waals surface area contributed by atoms with Gasteiger partial charge in [-0.1, -0.05) is 6.92 Å². The Morgan fingerprint density at radius 3 is 2.82 bits per heavy atom. The van der Waals surface area contributed by atoms with Gasteiger partial charge in [0.25, 0.3) is 0 Å². The van der Waals surface area contributed by atoms with Crippen LogP contribution in [0.3, 0.4) is 0 Å². The van der Waals surface area contributed by atoms with Gasteiger partial charge in [-0.3, -0.25) is 14.2 Å². The smallest absolute Gasteiger partial charge is 0.225 e. The SMILES string of the molecule is CCC(=O)Nc1cc(-c2cnn(C)c2)nn1C. The number of aryl methyl sites for hydroxylation is 2. The lowest BCUT2D eigenvalue weighted by Gasteiger charge is -2.01. The summed E-state index contributed by atoms with van der Waals surface area (Å²) in [4.78, 5) is 11.3. The molecule has 0 aliphatic carbocycles. The number of nitrogens with one attached hydrogen (secondary N) is 1. The zero-order valence-corrected chi connectivity index (χ0v) is 10.1. The number of amides is 1. The summed E-state index contributed by atoms with van der Waals surface area (Å²) in [5.74, 6) is 0.668. The molecule has 90 valence electrons. The lowest BCUT2D eigenvalue weighted by atomic mass is 10.2. The molecule has 0 aromatic carbocycles. The first-order valence-corrected chi connectivity index (χ1v) is 5.43. The summed E-state index contributed by atoms with van der Waals surface area (Å²) >= 11 is 0. The molecule has 0 saturated heterocycles. The number of rotatable bonds is 3. The lowest BCUT2D eigenvalue weighted by Crippen LogP contribution is -2.12. The molecule has 0 aliphatic heterocycles. The summed E-state index contributed by atoms with van der Waals surface area (Å²) in [5.41, 5.74) is 1.73. The van der Waals surface area contributed by atoms with Crippen molar-refractivity contribution in [2.45, 2.75) is 13.3 Å². The lowest BCUT2D eigenvalue weighted by molar-refractivity contribution is -0.115. The van der Waals surface area contributed by atoms with E-state index in [1.54, 1.807) is 22.6 Å². The van der Waals surface area contributed by atoms with E-state index in [1.807, 2.05) is 26.2 Å². The van der Waals surface area contributed by atoms with Crippen LogP contribution in [0.15, 0.2) is 18.5 Å². The Morgan fingerprint density at radius 1 is 1.47 bits per heavy atom. The van der Waals surface area contributed by atoms with E-state index in [4.69, 9.17) is 0 Å². The highest BCUT2D eigenvalue weighted by Gasteiger charge is 2.10. The molecule has 6 nitrogen and oxygen atoms in total. The number of anilines is 1. The van der Waals surface area contributed by atoms with Crippen LogP contribution in [0.25, 0.3) is 11.3 Å². The number of carbonyl (C=O) groups is 1. The van der Waals surface area contributed by atoms with Gasteiger partial charge in [0.2, 0.25) is 5.91 Å². The quantitative estimate of drug-likeness (QED) is 0.865. The van der Waals surface area contributed by atoms with E-state index < -0.39 is 0 Å². The van der Waals surface area contributed by atoms with Gasteiger partial charge >= 0.3 is 0 Å². The molecule has 0 bridgehead atoms. The monoisotopic (exact) mass is 233 g/mol. The van der Waals surface area contributed by atoms with Crippen molar-refractivity contribution in [3.05, 3.63) is 18.5 Å². The van der Waals surface area contributed by atoms with Crippen molar-refractivity contribution in [1.82, 2.24) is 19.6 Å². The van der Waals surface area contributed by atoms with Crippen LogP contribution in [0.1, 0.15) is 13.3 Å². The third-order valence-electron chi connectivity index (χ3n) is 2.47. The van der Waals surface area contributed by atoms with Crippen LogP contribution in [0.5, 0.6) is 0 Å². The standard InChI is InChI=1S/C11H15N5O/c1-4-11(17)13-10-5-9(14-16(10)3)8-6-12-15(2)7-8/h5-7H,4H2,1-3H3,(H,13,17). The van der Waals surface area contributed by atoms with Crippen molar-refractivity contribution < 1.29 is 4.79 Å². The maximum absolute atomic E-state index is 11.3. The van der Waals surface area contributed by atoms with Gasteiger partial charge < -0.3 is 5.32 Å². The number of carbonyl (C=O) groups excluding carboxylic acids is 1. The third-order valence-corrected chi connectivity index (χ3v) is 2.47. The number of aromatic nitrogens is 4. The predicted molar refractivity (Wildman–Crippen MR) is 64.3 cm³/mol. The Morgan fingerprint density at radius 2 is 2.24 bits per heavy atom. The van der Waals surface area contributed by atoms with Crippen LogP contribution in [-0.2, 0) is 18.9 Å². The molecule has 0 unspecified atom stereocenters. The van der Waals surface area contributed by atoms with Crippen LogP contribution in [0, 0.1) is 0 Å². The van der Waals surface area contributed by atoms with E-state index in [9.17, 15) is 4.79 Å². The fraction of sp³-hybridized carbons (Fsp3) is 0.364. The molecule has 6 heteroatoms. The molecule has 2 aromatic rings. The average molecular weight is 233 g/mol. The number of nitrogens with zero attached hydrogens (tertiary/aromatic N) is 4. The minimum atomic E-state index is -0.0225. The molecule has 1 amide bonds. The van der Waals surface area contributed by atoms with E-state index >= 15 is 0 Å². The molecule has 17 heavy (non-hydrogen) atoms. The average Bonchev–Trinajstić information content (AvgIpc) is 2.86. The fourth-order valence-corrected chi connectivity index (χ4v) is 1.51. The molecular formula is C11H15N5O. The van der Waals surface area contributed by atoms with Crippen LogP contribution >= 0.6 is 0 Å². The van der Waals surface area contributed by atoms with Crippen molar-refractivity contribution in [3.8, 4) is 11.3 Å². The van der Waals surface area contributed by atoms with Crippen LogP contribution in [0.4, 0.5) is 5.82 Å². The van der Waals surface area contributed by atoms with E-state index in [0.29, 0.717) is 12.2 Å². The molecular weight excluding hydrogens is 218 g/mol. The summed E-state index contributed by atoms with van der Waals surface area (Å²) < 4.78 is 3.37. The second kappa shape index (κ2) is 4.40. The molecule has 2 heterocycles. The minimum absolute atomic E-state index is 0.0225. The molecule has 1 N–H and O–H groups in total. The summed E-state index contributed by atoms with van der Waals surface area (Å²) in [6.45, 7) is 1.81. The Hall–Kier alpha value is -2.11. The maximum Gasteiger partial charge on any atom is 0.225 e. The van der Waals surface area contributed by atoms with Gasteiger partial charge in [0.15, 0.2) is 0 Å². The minimum Gasteiger partial charge on any atom is -0.311 e. The molecule has 2 aromatic heterocycles. The van der Waals surface area contributed by atoms with Gasteiger partial charge in [-0.05, 0) is 0 Å². The van der Waals surface area contributed by atoms with Gasteiger partial charge in [0, 0.05) is 38.3 Å². The largest absolute Gasteiger partial charge is 0.311 e. The third kappa shape index (κ3) is 2.35. The van der Waals surface area contributed by atoms with Gasteiger partial charge in [0.05, 0.1) is 11.9 Å². The highest BCUT2D eigenvalue weighted by molar-refractivity contribution is 5.90. The summed E-state index contributed by atoms with van der Waals surface area (Å²) in [7, 11) is 3.65. The topological polar surface area (TPSA) is 64.7 Å². The van der Waals surface area contributed by atoms with Crippen molar-refractivity contribution in [1.29, 1.82) is 0 Å². The fourth-order valence-electron chi connectivity index (χ4n) is 1.51. The van der Waals surface area contributed by atoms with E-state index in [1.165, 1.54) is 0 Å². The summed E-state index contributed by atoms with van der Waals surface area (Å²) in [5, 5.41) is 11.2. The zero-order chi connectivity index (χ0) is 12.4. The van der Waals surface area contributed by atoms with Crippen molar-refractivity contribution in [3.63, 3.8) is 0 Å². The highest BCUT2D eigenvalue weighted by atomic mass is 16.1. The van der Waals surface area contributed by atoms with Crippen molar-refractivity contribution in [2.75, 3.05) is 5.32 Å². The van der Waals surface area contributed by atoms with E-state index in [-0.39, 0.29) is 5.91 Å². The van der Waals surface area contributed by atoms with Crippen LogP contribution in [0.2, 0.25) is 0 Å². The Kier molecular flexibility index (Phi) is 2.95. The number of hydrogen-bond acceptors (Lipinski definition) is 3. The molecule has 2 rings (SSSR count). The van der Waals surface area contributed by atoms with E-state index in [2.05, 4.69) is 15.5 Å². The Labute approximate surface area is 99.2 Å². The highest BCUT2D eigenvalue weighted by Crippen LogP contribution is 2.20.